The third-order valence-electron chi connectivity index (χ3n) is 10.1. The number of alkyl halides is 4. The van der Waals surface area contributed by atoms with Gasteiger partial charge in [0.05, 0.1) is 5.92 Å². The van der Waals surface area contributed by atoms with E-state index in [-0.39, 0.29) is 34.8 Å². The van der Waals surface area contributed by atoms with Gasteiger partial charge in [-0.15, -0.1) is 0 Å². The van der Waals surface area contributed by atoms with Gasteiger partial charge in [0, 0.05) is 29.5 Å². The summed E-state index contributed by atoms with van der Waals surface area (Å²) in [6.07, 6.45) is -1.18. The first-order chi connectivity index (χ1) is 19.2. The molecule has 1 amide bonds. The standard InChI is InChI=1S/C32H36F5NO3/c1-18-16-25-24(19(2)27(18)30(3,34)32(35,36)37)12-13-26-31(25,17-20-4-10-23(33)11-5-20)14-15-38(26)28(39)21-6-8-22(9-7-21)29(40)41/h4-5,10-11,16,21-22,26H,6-9,12-15,17H2,1-3H3,(H,40,41)/t21-,22-,26-,30?,31-/m1/s1. The van der Waals surface area contributed by atoms with Crippen molar-refractivity contribution in [3.63, 3.8) is 0 Å². The van der Waals surface area contributed by atoms with Gasteiger partial charge in [0.2, 0.25) is 11.6 Å². The number of hydrogen-bond acceptors (Lipinski definition) is 2. The molecule has 3 atom stereocenters. The van der Waals surface area contributed by atoms with Crippen LogP contribution >= 0.6 is 0 Å². The maximum absolute atomic E-state index is 15.4. The van der Waals surface area contributed by atoms with Crippen LogP contribution < -0.4 is 0 Å². The average Bonchev–Trinajstić information content (AvgIpc) is 3.28. The summed E-state index contributed by atoms with van der Waals surface area (Å²) >= 11 is 0. The number of rotatable bonds is 5. The molecule has 2 aromatic carbocycles. The fraction of sp³-hybridized carbons (Fsp3) is 0.562. The van der Waals surface area contributed by atoms with Crippen LogP contribution in [0, 0.1) is 31.5 Å². The van der Waals surface area contributed by atoms with Crippen molar-refractivity contribution in [1.29, 1.82) is 0 Å². The van der Waals surface area contributed by atoms with Gasteiger partial charge in [-0.25, -0.2) is 8.78 Å². The Bertz CT molecular complexity index is 1340. The number of nitrogens with zero attached hydrogens (tertiary/aromatic N) is 1. The van der Waals surface area contributed by atoms with E-state index < -0.39 is 29.1 Å². The zero-order chi connectivity index (χ0) is 29.9. The molecule has 1 saturated heterocycles. The van der Waals surface area contributed by atoms with Crippen molar-refractivity contribution in [2.45, 2.75) is 95.4 Å². The number of benzene rings is 2. The van der Waals surface area contributed by atoms with Crippen LogP contribution in [0.3, 0.4) is 0 Å². The van der Waals surface area contributed by atoms with E-state index in [1.807, 2.05) is 4.90 Å². The first kappa shape index (κ1) is 29.5. The van der Waals surface area contributed by atoms with Crippen LogP contribution in [-0.2, 0) is 33.5 Å². The highest BCUT2D eigenvalue weighted by Crippen LogP contribution is 2.53. The SMILES string of the molecule is Cc1cc2c(c(C)c1C(C)(F)C(F)(F)F)CC[C@H]1N(C(=O)[C@H]3CC[C@H](C(=O)O)CC3)CC[C@@]21Cc1ccc(F)cc1. The lowest BCUT2D eigenvalue weighted by molar-refractivity contribution is -0.229. The lowest BCUT2D eigenvalue weighted by Gasteiger charge is -2.46. The number of aliphatic carboxylic acids is 1. The molecule has 5 rings (SSSR count). The van der Waals surface area contributed by atoms with E-state index in [4.69, 9.17) is 0 Å². The molecule has 3 aliphatic rings. The molecular weight excluding hydrogens is 541 g/mol. The molecule has 1 unspecified atom stereocenters. The molecule has 1 N–H and O–H groups in total. The van der Waals surface area contributed by atoms with Crippen molar-refractivity contribution < 1.29 is 36.6 Å². The highest BCUT2D eigenvalue weighted by Gasteiger charge is 2.57. The van der Waals surface area contributed by atoms with Crippen molar-refractivity contribution in [2.24, 2.45) is 11.8 Å². The van der Waals surface area contributed by atoms with Gasteiger partial charge < -0.3 is 10.0 Å². The van der Waals surface area contributed by atoms with E-state index in [0.29, 0.717) is 76.0 Å². The third kappa shape index (κ3) is 4.93. The van der Waals surface area contributed by atoms with Gasteiger partial charge in [0.15, 0.2) is 0 Å². The van der Waals surface area contributed by atoms with E-state index >= 15 is 4.39 Å². The van der Waals surface area contributed by atoms with E-state index in [2.05, 4.69) is 0 Å². The number of hydrogen-bond donors (Lipinski definition) is 1. The highest BCUT2D eigenvalue weighted by molar-refractivity contribution is 5.81. The van der Waals surface area contributed by atoms with E-state index in [1.54, 1.807) is 25.1 Å². The minimum absolute atomic E-state index is 0.00161. The summed E-state index contributed by atoms with van der Waals surface area (Å²) in [5, 5.41) is 9.37. The largest absolute Gasteiger partial charge is 0.481 e. The number of carboxylic acids is 1. The molecule has 2 aliphatic carbocycles. The van der Waals surface area contributed by atoms with Crippen molar-refractivity contribution in [3.8, 4) is 0 Å². The third-order valence-corrected chi connectivity index (χ3v) is 10.1. The van der Waals surface area contributed by atoms with Crippen LogP contribution in [0.1, 0.15) is 78.8 Å². The van der Waals surface area contributed by atoms with Gasteiger partial charge >= 0.3 is 12.1 Å². The maximum atomic E-state index is 15.4. The molecule has 1 saturated carbocycles. The molecule has 4 nitrogen and oxygen atoms in total. The fourth-order valence-corrected chi connectivity index (χ4v) is 7.98. The second-order valence-electron chi connectivity index (χ2n) is 12.4. The number of carboxylic acid groups (broad SMARTS) is 1. The molecular formula is C32H36F5NO3. The first-order valence-corrected chi connectivity index (χ1v) is 14.3. The minimum atomic E-state index is -5.07. The van der Waals surface area contributed by atoms with Crippen LogP contribution in [0.4, 0.5) is 22.0 Å². The smallest absolute Gasteiger partial charge is 0.426 e. The zero-order valence-corrected chi connectivity index (χ0v) is 23.6. The summed E-state index contributed by atoms with van der Waals surface area (Å²) in [5.74, 6) is -1.91. The Hall–Kier alpha value is -2.97. The van der Waals surface area contributed by atoms with Crippen LogP contribution in [-0.4, -0.2) is 40.6 Å². The maximum Gasteiger partial charge on any atom is 0.426 e. The van der Waals surface area contributed by atoms with Crippen molar-refractivity contribution in [1.82, 2.24) is 4.90 Å². The molecule has 0 radical (unpaired) electrons. The lowest BCUT2D eigenvalue weighted by Crippen LogP contribution is -2.51. The quantitative estimate of drug-likeness (QED) is 0.386. The Morgan fingerprint density at radius 2 is 1.61 bits per heavy atom. The van der Waals surface area contributed by atoms with Gasteiger partial charge in [-0.2, -0.15) is 13.2 Å². The predicted octanol–water partition coefficient (Wildman–Crippen LogP) is 7.11. The van der Waals surface area contributed by atoms with Crippen LogP contribution in [0.5, 0.6) is 0 Å². The number of aryl methyl sites for hydroxylation is 1. The Morgan fingerprint density at radius 1 is 1.00 bits per heavy atom. The molecule has 2 fully saturated rings. The highest BCUT2D eigenvalue weighted by atomic mass is 19.4. The first-order valence-electron chi connectivity index (χ1n) is 14.3. The zero-order valence-electron chi connectivity index (χ0n) is 23.6. The molecule has 1 heterocycles. The number of amides is 1. The summed E-state index contributed by atoms with van der Waals surface area (Å²) in [5.41, 5.74) is -1.56. The number of fused-ring (bicyclic) bond motifs is 3. The fourth-order valence-electron chi connectivity index (χ4n) is 7.98. The van der Waals surface area contributed by atoms with Gasteiger partial charge in [-0.05, 0) is 112 Å². The Morgan fingerprint density at radius 3 is 2.20 bits per heavy atom. The minimum Gasteiger partial charge on any atom is -0.481 e. The van der Waals surface area contributed by atoms with Crippen LogP contribution in [0.15, 0.2) is 30.3 Å². The number of carbonyl (C=O) groups is 2. The molecule has 1 aliphatic heterocycles. The Labute approximate surface area is 236 Å². The van der Waals surface area contributed by atoms with Gasteiger partial charge in [-0.3, -0.25) is 9.59 Å². The number of halogens is 5. The van der Waals surface area contributed by atoms with Crippen LogP contribution in [0.2, 0.25) is 0 Å². The van der Waals surface area contributed by atoms with Crippen LogP contribution in [0.25, 0.3) is 0 Å². The summed E-state index contributed by atoms with van der Waals surface area (Å²) in [6, 6.07) is 7.62. The number of carbonyl (C=O) groups excluding carboxylic acids is 1. The van der Waals surface area contributed by atoms with Gasteiger partial charge in [0.25, 0.3) is 0 Å². The van der Waals surface area contributed by atoms with E-state index in [0.717, 1.165) is 11.1 Å². The van der Waals surface area contributed by atoms with Crippen molar-refractivity contribution >= 4 is 11.9 Å². The molecule has 41 heavy (non-hydrogen) atoms. The number of likely N-dealkylation sites (tertiary alicyclic amines) is 1. The Kier molecular flexibility index (Phi) is 7.48. The molecule has 0 aromatic heterocycles. The summed E-state index contributed by atoms with van der Waals surface area (Å²) in [6.45, 7) is 4.12. The lowest BCUT2D eigenvalue weighted by atomic mass is 9.62. The second kappa shape index (κ2) is 10.4. The molecule has 9 heteroatoms. The second-order valence-corrected chi connectivity index (χ2v) is 12.4. The average molecular weight is 578 g/mol. The summed E-state index contributed by atoms with van der Waals surface area (Å²) in [7, 11) is 0. The molecule has 0 spiro atoms. The predicted molar refractivity (Wildman–Crippen MR) is 144 cm³/mol. The van der Waals surface area contributed by atoms with Crippen molar-refractivity contribution in [3.05, 3.63) is 69.5 Å². The monoisotopic (exact) mass is 577 g/mol. The topological polar surface area (TPSA) is 57.6 Å². The summed E-state index contributed by atoms with van der Waals surface area (Å²) in [4.78, 5) is 27.2. The normalized spacial score (nSPS) is 27.6. The van der Waals surface area contributed by atoms with Gasteiger partial charge in [0.1, 0.15) is 5.82 Å². The van der Waals surface area contributed by atoms with E-state index in [9.17, 15) is 32.3 Å². The molecule has 2 aromatic rings. The van der Waals surface area contributed by atoms with E-state index in [1.165, 1.54) is 19.1 Å². The van der Waals surface area contributed by atoms with Gasteiger partial charge in [-0.1, -0.05) is 18.2 Å². The van der Waals surface area contributed by atoms with Crippen molar-refractivity contribution in [2.75, 3.05) is 6.54 Å². The summed E-state index contributed by atoms with van der Waals surface area (Å²) < 4.78 is 70.6. The Balaban J connectivity index is 1.56. The molecule has 222 valence electrons. The molecule has 0 bridgehead atoms.